The molecule has 2 aliphatic rings. The zero-order valence-corrected chi connectivity index (χ0v) is 20.4. The monoisotopic (exact) mass is 510 g/mol. The van der Waals surface area contributed by atoms with Gasteiger partial charge in [-0.3, -0.25) is 4.99 Å². The van der Waals surface area contributed by atoms with Crippen LogP contribution in [0, 0.1) is 5.92 Å². The first kappa shape index (κ1) is 25.9. The minimum absolute atomic E-state index is 0. The molecule has 2 atom stereocenters. The Hall–Kier alpha value is -0.120. The van der Waals surface area contributed by atoms with Gasteiger partial charge in [0.05, 0.1) is 12.7 Å². The SMILES string of the molecule is CCNC(=NCCCOCC1CCCO1)NCCCCN1CCCC(C)C1.I. The molecule has 2 rings (SSSR count). The predicted octanol–water partition coefficient (Wildman–Crippen LogP) is 3.26. The summed E-state index contributed by atoms with van der Waals surface area (Å²) in [6, 6.07) is 0. The summed E-state index contributed by atoms with van der Waals surface area (Å²) in [5.74, 6) is 1.81. The highest BCUT2D eigenvalue weighted by molar-refractivity contribution is 14.0. The van der Waals surface area contributed by atoms with Crippen molar-refractivity contribution in [1.82, 2.24) is 15.5 Å². The Bertz CT molecular complexity index is 406. The fourth-order valence-corrected chi connectivity index (χ4v) is 3.85. The largest absolute Gasteiger partial charge is 0.379 e. The molecule has 0 saturated carbocycles. The van der Waals surface area contributed by atoms with E-state index in [0.717, 1.165) is 64.2 Å². The van der Waals surface area contributed by atoms with E-state index in [9.17, 15) is 0 Å². The average Bonchev–Trinajstić information content (AvgIpc) is 3.17. The van der Waals surface area contributed by atoms with Crippen molar-refractivity contribution in [1.29, 1.82) is 0 Å². The lowest BCUT2D eigenvalue weighted by Gasteiger charge is -2.30. The maximum atomic E-state index is 5.70. The van der Waals surface area contributed by atoms with Gasteiger partial charge in [0, 0.05) is 39.4 Å². The summed E-state index contributed by atoms with van der Waals surface area (Å²) < 4.78 is 11.3. The molecule has 6 nitrogen and oxygen atoms in total. The first-order valence-corrected chi connectivity index (χ1v) is 11.2. The molecule has 2 unspecified atom stereocenters. The fraction of sp³-hybridized carbons (Fsp3) is 0.952. The molecule has 0 aromatic rings. The number of halogens is 1. The Morgan fingerprint density at radius 3 is 2.82 bits per heavy atom. The van der Waals surface area contributed by atoms with Crippen LogP contribution < -0.4 is 10.6 Å². The maximum Gasteiger partial charge on any atom is 0.191 e. The normalized spacial score (nSPS) is 23.4. The van der Waals surface area contributed by atoms with E-state index in [4.69, 9.17) is 9.47 Å². The lowest BCUT2D eigenvalue weighted by atomic mass is 10.0. The van der Waals surface area contributed by atoms with Crippen LogP contribution in [0.1, 0.15) is 58.8 Å². The summed E-state index contributed by atoms with van der Waals surface area (Å²) in [5.41, 5.74) is 0. The third-order valence-corrected chi connectivity index (χ3v) is 5.32. The van der Waals surface area contributed by atoms with Crippen LogP contribution in [0.15, 0.2) is 4.99 Å². The molecular weight excluding hydrogens is 467 g/mol. The second-order valence-electron chi connectivity index (χ2n) is 8.01. The van der Waals surface area contributed by atoms with Crippen LogP contribution in [0.25, 0.3) is 0 Å². The van der Waals surface area contributed by atoms with Crippen LogP contribution in [0.4, 0.5) is 0 Å². The fourth-order valence-electron chi connectivity index (χ4n) is 3.85. The number of rotatable bonds is 12. The average molecular weight is 511 g/mol. The molecule has 2 heterocycles. The molecule has 0 bridgehead atoms. The van der Waals surface area contributed by atoms with Gasteiger partial charge in [-0.1, -0.05) is 6.92 Å². The Labute approximate surface area is 189 Å². The van der Waals surface area contributed by atoms with Crippen LogP contribution in [0.3, 0.4) is 0 Å². The van der Waals surface area contributed by atoms with Crippen LogP contribution in [0.2, 0.25) is 0 Å². The van der Waals surface area contributed by atoms with Gasteiger partial charge in [0.2, 0.25) is 0 Å². The van der Waals surface area contributed by atoms with E-state index >= 15 is 0 Å². The van der Waals surface area contributed by atoms with E-state index in [1.807, 2.05) is 0 Å². The van der Waals surface area contributed by atoms with Gasteiger partial charge >= 0.3 is 0 Å². The molecule has 0 radical (unpaired) electrons. The first-order valence-electron chi connectivity index (χ1n) is 11.2. The van der Waals surface area contributed by atoms with E-state index in [2.05, 4.69) is 34.4 Å². The number of nitrogens with one attached hydrogen (secondary N) is 2. The molecule has 0 amide bonds. The number of aliphatic imine (C=N–C) groups is 1. The molecule has 2 aliphatic heterocycles. The topological polar surface area (TPSA) is 58.1 Å². The second kappa shape index (κ2) is 16.7. The molecule has 2 N–H and O–H groups in total. The van der Waals surface area contributed by atoms with Gasteiger partial charge in [-0.2, -0.15) is 0 Å². The lowest BCUT2D eigenvalue weighted by molar-refractivity contribution is 0.0171. The lowest BCUT2D eigenvalue weighted by Crippen LogP contribution is -2.38. The number of hydrogen-bond donors (Lipinski definition) is 2. The van der Waals surface area contributed by atoms with Crippen molar-refractivity contribution in [3.8, 4) is 0 Å². The Balaban J connectivity index is 0.00000392. The van der Waals surface area contributed by atoms with E-state index in [0.29, 0.717) is 6.10 Å². The standard InChI is InChI=1S/C21H42N4O2.HI/c1-3-22-21(24-12-8-15-26-18-20-10-7-16-27-20)23-11-4-5-13-25-14-6-9-19(2)17-25;/h19-20H,3-18H2,1-2H3,(H2,22,23,24);1H. The quantitative estimate of drug-likeness (QED) is 0.183. The number of likely N-dealkylation sites (tertiary alicyclic amines) is 1. The van der Waals surface area contributed by atoms with E-state index in [1.54, 1.807) is 0 Å². The van der Waals surface area contributed by atoms with Gasteiger partial charge in [-0.25, -0.2) is 0 Å². The summed E-state index contributed by atoms with van der Waals surface area (Å²) in [6.07, 6.45) is 8.82. The van der Waals surface area contributed by atoms with Crippen LogP contribution in [0.5, 0.6) is 0 Å². The van der Waals surface area contributed by atoms with E-state index < -0.39 is 0 Å². The van der Waals surface area contributed by atoms with E-state index in [1.165, 1.54) is 51.7 Å². The predicted molar refractivity (Wildman–Crippen MR) is 128 cm³/mol. The highest BCUT2D eigenvalue weighted by Gasteiger charge is 2.15. The number of hydrogen-bond acceptors (Lipinski definition) is 4. The second-order valence-corrected chi connectivity index (χ2v) is 8.01. The zero-order chi connectivity index (χ0) is 19.2. The summed E-state index contributed by atoms with van der Waals surface area (Å²) in [6.45, 7) is 13.4. The minimum Gasteiger partial charge on any atom is -0.379 e. The highest BCUT2D eigenvalue weighted by atomic mass is 127. The Kier molecular flexibility index (Phi) is 15.4. The van der Waals surface area contributed by atoms with Gasteiger partial charge in [-0.15, -0.1) is 24.0 Å². The van der Waals surface area contributed by atoms with Crippen molar-refractivity contribution < 1.29 is 9.47 Å². The molecule has 0 spiro atoms. The first-order chi connectivity index (χ1) is 13.3. The number of ether oxygens (including phenoxy) is 2. The van der Waals surface area contributed by atoms with Crippen molar-refractivity contribution in [2.75, 3.05) is 59.1 Å². The highest BCUT2D eigenvalue weighted by Crippen LogP contribution is 2.15. The van der Waals surface area contributed by atoms with Crippen molar-refractivity contribution in [3.63, 3.8) is 0 Å². The Morgan fingerprint density at radius 1 is 1.18 bits per heavy atom. The van der Waals surface area contributed by atoms with Gasteiger partial charge in [0.1, 0.15) is 0 Å². The van der Waals surface area contributed by atoms with Gasteiger partial charge in [-0.05, 0) is 70.9 Å². The number of unbranched alkanes of at least 4 members (excludes halogenated alkanes) is 1. The molecular formula is C21H43IN4O2. The van der Waals surface area contributed by atoms with Crippen LogP contribution >= 0.6 is 24.0 Å². The summed E-state index contributed by atoms with van der Waals surface area (Å²) in [7, 11) is 0. The van der Waals surface area contributed by atoms with Crippen molar-refractivity contribution >= 4 is 29.9 Å². The molecule has 166 valence electrons. The van der Waals surface area contributed by atoms with Gasteiger partial charge in [0.15, 0.2) is 5.96 Å². The number of piperidine rings is 1. The van der Waals surface area contributed by atoms with Gasteiger partial charge < -0.3 is 25.0 Å². The van der Waals surface area contributed by atoms with Crippen LogP contribution in [-0.2, 0) is 9.47 Å². The van der Waals surface area contributed by atoms with Crippen LogP contribution in [-0.4, -0.2) is 76.1 Å². The summed E-state index contributed by atoms with van der Waals surface area (Å²) >= 11 is 0. The molecule has 7 heteroatoms. The molecule has 2 fully saturated rings. The Morgan fingerprint density at radius 2 is 2.07 bits per heavy atom. The molecule has 0 aromatic heterocycles. The molecule has 0 aliphatic carbocycles. The zero-order valence-electron chi connectivity index (χ0n) is 18.1. The number of nitrogens with zero attached hydrogens (tertiary/aromatic N) is 2. The smallest absolute Gasteiger partial charge is 0.191 e. The third kappa shape index (κ3) is 11.8. The van der Waals surface area contributed by atoms with E-state index in [-0.39, 0.29) is 24.0 Å². The third-order valence-electron chi connectivity index (χ3n) is 5.32. The minimum atomic E-state index is 0. The summed E-state index contributed by atoms with van der Waals surface area (Å²) in [4.78, 5) is 7.28. The van der Waals surface area contributed by atoms with Gasteiger partial charge in [0.25, 0.3) is 0 Å². The molecule has 0 aromatic carbocycles. The number of guanidine groups is 1. The molecule has 28 heavy (non-hydrogen) atoms. The van der Waals surface area contributed by atoms with Crippen molar-refractivity contribution in [2.24, 2.45) is 10.9 Å². The van der Waals surface area contributed by atoms with Crippen molar-refractivity contribution in [2.45, 2.75) is 64.9 Å². The van der Waals surface area contributed by atoms with Crippen molar-refractivity contribution in [3.05, 3.63) is 0 Å². The summed E-state index contributed by atoms with van der Waals surface area (Å²) in [5, 5.41) is 6.79. The molecule has 2 saturated heterocycles. The maximum absolute atomic E-state index is 5.70.